The van der Waals surface area contributed by atoms with Crippen LogP contribution in [0.1, 0.15) is 5.56 Å². The Bertz CT molecular complexity index is 863. The molecule has 18 heavy (non-hydrogen) atoms. The van der Waals surface area contributed by atoms with Crippen molar-refractivity contribution < 1.29 is 8.42 Å². The van der Waals surface area contributed by atoms with Gasteiger partial charge >= 0.3 is 0 Å². The van der Waals surface area contributed by atoms with E-state index in [0.717, 1.165) is 27.4 Å². The van der Waals surface area contributed by atoms with Gasteiger partial charge in [-0.15, -0.1) is 0 Å². The third kappa shape index (κ3) is 1.60. The quantitative estimate of drug-likeness (QED) is 0.704. The van der Waals surface area contributed by atoms with E-state index in [9.17, 15) is 8.42 Å². The van der Waals surface area contributed by atoms with Crippen LogP contribution in [0.5, 0.6) is 0 Å². The second-order valence-corrected chi connectivity index (χ2v) is 5.94. The topological polar surface area (TPSA) is 76.0 Å². The maximum absolute atomic E-state index is 11.4. The minimum Gasteiger partial charge on any atom is -0.354 e. The van der Waals surface area contributed by atoms with Gasteiger partial charge in [0.1, 0.15) is 0 Å². The monoisotopic (exact) mass is 260 g/mol. The maximum atomic E-state index is 11.4. The van der Waals surface area contributed by atoms with E-state index >= 15 is 0 Å². The van der Waals surface area contributed by atoms with Crippen molar-refractivity contribution in [2.75, 3.05) is 0 Å². The number of para-hydroxylation sites is 1. The molecule has 0 aliphatic rings. The van der Waals surface area contributed by atoms with E-state index in [1.807, 2.05) is 25.1 Å². The van der Waals surface area contributed by atoms with Gasteiger partial charge in [-0.05, 0) is 30.7 Å². The summed E-state index contributed by atoms with van der Waals surface area (Å²) in [6.07, 6.45) is 0. The summed E-state index contributed by atoms with van der Waals surface area (Å²) >= 11 is 0. The number of benzene rings is 2. The van der Waals surface area contributed by atoms with Crippen LogP contribution in [-0.4, -0.2) is 13.4 Å². The van der Waals surface area contributed by atoms with Crippen molar-refractivity contribution in [1.82, 2.24) is 4.98 Å². The number of aromatic amines is 1. The molecule has 0 saturated heterocycles. The van der Waals surface area contributed by atoms with E-state index in [1.54, 1.807) is 12.1 Å². The number of aryl methyl sites for hydroxylation is 1. The molecule has 3 rings (SSSR count). The van der Waals surface area contributed by atoms with Crippen LogP contribution in [0.15, 0.2) is 41.3 Å². The van der Waals surface area contributed by atoms with Crippen molar-refractivity contribution in [2.24, 2.45) is 5.14 Å². The summed E-state index contributed by atoms with van der Waals surface area (Å²) in [5, 5.41) is 7.04. The zero-order valence-corrected chi connectivity index (χ0v) is 10.6. The van der Waals surface area contributed by atoms with Gasteiger partial charge in [0, 0.05) is 21.8 Å². The predicted molar refractivity (Wildman–Crippen MR) is 71.9 cm³/mol. The van der Waals surface area contributed by atoms with Gasteiger partial charge in [-0.3, -0.25) is 0 Å². The van der Waals surface area contributed by atoms with Crippen LogP contribution in [0.3, 0.4) is 0 Å². The van der Waals surface area contributed by atoms with E-state index in [2.05, 4.69) is 4.98 Å². The second kappa shape index (κ2) is 3.57. The van der Waals surface area contributed by atoms with Crippen LogP contribution >= 0.6 is 0 Å². The average molecular weight is 260 g/mol. The summed E-state index contributed by atoms with van der Waals surface area (Å²) in [5.41, 5.74) is 3.06. The lowest BCUT2D eigenvalue weighted by Gasteiger charge is -1.98. The lowest BCUT2D eigenvalue weighted by molar-refractivity contribution is 0.598. The first-order valence-electron chi connectivity index (χ1n) is 5.51. The fraction of sp³-hybridized carbons (Fsp3) is 0.0769. The van der Waals surface area contributed by atoms with Crippen LogP contribution < -0.4 is 5.14 Å². The highest BCUT2D eigenvalue weighted by Crippen LogP contribution is 2.28. The summed E-state index contributed by atoms with van der Waals surface area (Å²) in [6, 6.07) is 10.8. The van der Waals surface area contributed by atoms with Gasteiger partial charge in [0.05, 0.1) is 4.90 Å². The largest absolute Gasteiger partial charge is 0.354 e. The Hall–Kier alpha value is -1.85. The molecule has 1 aromatic heterocycles. The molecule has 92 valence electrons. The van der Waals surface area contributed by atoms with E-state index in [0.29, 0.717) is 0 Å². The Kier molecular flexibility index (Phi) is 2.23. The van der Waals surface area contributed by atoms with Crippen molar-refractivity contribution in [3.8, 4) is 0 Å². The molecule has 0 fully saturated rings. The van der Waals surface area contributed by atoms with E-state index in [4.69, 9.17) is 5.14 Å². The predicted octanol–water partition coefficient (Wildman–Crippen LogP) is 2.28. The second-order valence-electron chi connectivity index (χ2n) is 4.37. The molecular weight excluding hydrogens is 248 g/mol. The van der Waals surface area contributed by atoms with Gasteiger partial charge in [-0.25, -0.2) is 13.6 Å². The number of nitrogens with one attached hydrogen (secondary N) is 1. The molecular formula is C13H12N2O2S. The smallest absolute Gasteiger partial charge is 0.238 e. The standard InChI is InChI=1S/C13H12N2O2S/c1-8-3-2-4-10-11-7-9(18(14,16)17)5-6-12(11)15-13(8)10/h2-7,15H,1H3,(H2,14,16,17). The molecule has 4 nitrogen and oxygen atoms in total. The highest BCUT2D eigenvalue weighted by Gasteiger charge is 2.11. The SMILES string of the molecule is Cc1cccc2c1[nH]c1ccc(S(N)(=O)=O)cc12. The minimum absolute atomic E-state index is 0.136. The van der Waals surface area contributed by atoms with Crippen LogP contribution in [0.2, 0.25) is 0 Å². The summed E-state index contributed by atoms with van der Waals surface area (Å²) in [7, 11) is -3.66. The molecule has 0 radical (unpaired) electrons. The summed E-state index contributed by atoms with van der Waals surface area (Å²) in [4.78, 5) is 3.43. The third-order valence-corrected chi connectivity index (χ3v) is 4.05. The van der Waals surface area contributed by atoms with Crippen LogP contribution in [0.25, 0.3) is 21.8 Å². The fourth-order valence-corrected chi connectivity index (χ4v) is 2.76. The number of H-pyrrole nitrogens is 1. The van der Waals surface area contributed by atoms with Crippen LogP contribution in [0, 0.1) is 6.92 Å². The molecule has 0 aliphatic carbocycles. The molecule has 0 atom stereocenters. The number of fused-ring (bicyclic) bond motifs is 3. The summed E-state index contributed by atoms with van der Waals surface area (Å²) < 4.78 is 22.7. The van der Waals surface area contributed by atoms with Crippen molar-refractivity contribution >= 4 is 31.8 Å². The van der Waals surface area contributed by atoms with Gasteiger partial charge in [-0.1, -0.05) is 18.2 Å². The molecule has 0 saturated carbocycles. The first-order chi connectivity index (χ1) is 8.47. The fourth-order valence-electron chi connectivity index (χ4n) is 2.22. The molecule has 3 N–H and O–H groups in total. The molecule has 0 spiro atoms. The number of hydrogen-bond acceptors (Lipinski definition) is 2. The molecule has 0 amide bonds. The molecule has 2 aromatic carbocycles. The Morgan fingerprint density at radius 2 is 1.89 bits per heavy atom. The van der Waals surface area contributed by atoms with E-state index in [1.165, 1.54) is 6.07 Å². The Morgan fingerprint density at radius 1 is 1.11 bits per heavy atom. The third-order valence-electron chi connectivity index (χ3n) is 3.14. The van der Waals surface area contributed by atoms with E-state index in [-0.39, 0.29) is 4.90 Å². The number of primary sulfonamides is 1. The number of hydrogen-bond donors (Lipinski definition) is 2. The Labute approximate surface area is 104 Å². The van der Waals surface area contributed by atoms with Crippen molar-refractivity contribution in [3.05, 3.63) is 42.0 Å². The highest BCUT2D eigenvalue weighted by molar-refractivity contribution is 7.89. The first kappa shape index (κ1) is 11.3. The van der Waals surface area contributed by atoms with Gasteiger partial charge < -0.3 is 4.98 Å². The number of sulfonamides is 1. The zero-order chi connectivity index (χ0) is 12.9. The molecule has 3 aromatic rings. The van der Waals surface area contributed by atoms with Gasteiger partial charge in [-0.2, -0.15) is 0 Å². The van der Waals surface area contributed by atoms with Crippen molar-refractivity contribution in [1.29, 1.82) is 0 Å². The Balaban J connectivity index is 2.47. The maximum Gasteiger partial charge on any atom is 0.238 e. The van der Waals surface area contributed by atoms with Gasteiger partial charge in [0.25, 0.3) is 0 Å². The van der Waals surface area contributed by atoms with Gasteiger partial charge in [0.15, 0.2) is 0 Å². The summed E-state index contributed by atoms with van der Waals surface area (Å²) in [5.74, 6) is 0. The first-order valence-corrected chi connectivity index (χ1v) is 7.05. The minimum atomic E-state index is -3.66. The van der Waals surface area contributed by atoms with E-state index < -0.39 is 10.0 Å². The number of nitrogens with two attached hydrogens (primary N) is 1. The van der Waals surface area contributed by atoms with Gasteiger partial charge in [0.2, 0.25) is 10.0 Å². The molecule has 1 heterocycles. The molecule has 0 bridgehead atoms. The molecule has 5 heteroatoms. The van der Waals surface area contributed by atoms with Crippen molar-refractivity contribution in [2.45, 2.75) is 11.8 Å². The lowest BCUT2D eigenvalue weighted by atomic mass is 10.1. The molecule has 0 aliphatic heterocycles. The number of rotatable bonds is 1. The lowest BCUT2D eigenvalue weighted by Crippen LogP contribution is -2.11. The van der Waals surface area contributed by atoms with Crippen LogP contribution in [-0.2, 0) is 10.0 Å². The number of aromatic nitrogens is 1. The van der Waals surface area contributed by atoms with Crippen LogP contribution in [0.4, 0.5) is 0 Å². The normalized spacial score (nSPS) is 12.3. The summed E-state index contributed by atoms with van der Waals surface area (Å²) in [6.45, 7) is 2.01. The van der Waals surface area contributed by atoms with Crippen molar-refractivity contribution in [3.63, 3.8) is 0 Å². The average Bonchev–Trinajstić information content (AvgIpc) is 2.67. The highest BCUT2D eigenvalue weighted by atomic mass is 32.2. The Morgan fingerprint density at radius 3 is 2.61 bits per heavy atom. The zero-order valence-electron chi connectivity index (χ0n) is 9.77. The molecule has 0 unspecified atom stereocenters.